The van der Waals surface area contributed by atoms with Crippen LogP contribution in [0.5, 0.6) is 0 Å². The predicted octanol–water partition coefficient (Wildman–Crippen LogP) is 5.10. The third kappa shape index (κ3) is 3.99. The summed E-state index contributed by atoms with van der Waals surface area (Å²) in [7, 11) is 1.87. The molecule has 0 fully saturated rings. The number of amides is 1. The molecule has 2 aromatic carbocycles. The second kappa shape index (κ2) is 8.43. The first-order valence-electron chi connectivity index (χ1n) is 10.6. The van der Waals surface area contributed by atoms with Crippen LogP contribution in [0.4, 0.5) is 15.8 Å². The lowest BCUT2D eigenvalue weighted by Gasteiger charge is -2.06. The molecule has 1 amide bonds. The van der Waals surface area contributed by atoms with Crippen molar-refractivity contribution in [1.82, 2.24) is 19.4 Å². The first-order chi connectivity index (χ1) is 16.4. The average molecular weight is 456 g/mol. The highest BCUT2D eigenvalue weighted by molar-refractivity contribution is 6.03. The summed E-state index contributed by atoms with van der Waals surface area (Å²) in [6, 6.07) is 12.3. The zero-order valence-electron chi connectivity index (χ0n) is 18.8. The van der Waals surface area contributed by atoms with Gasteiger partial charge in [0.05, 0.1) is 11.4 Å². The maximum Gasteiger partial charge on any atom is 0.293 e. The van der Waals surface area contributed by atoms with Gasteiger partial charge in [-0.25, -0.2) is 19.3 Å². The molecule has 5 rings (SSSR count). The van der Waals surface area contributed by atoms with Gasteiger partial charge in [-0.2, -0.15) is 0 Å². The number of imidazole rings is 1. The van der Waals surface area contributed by atoms with Crippen LogP contribution >= 0.6 is 0 Å². The van der Waals surface area contributed by atoms with Crippen molar-refractivity contribution in [3.8, 4) is 22.4 Å². The Kier molecular flexibility index (Phi) is 5.29. The van der Waals surface area contributed by atoms with E-state index < -0.39 is 11.7 Å². The van der Waals surface area contributed by atoms with E-state index in [9.17, 15) is 9.18 Å². The van der Waals surface area contributed by atoms with Gasteiger partial charge in [-0.1, -0.05) is 12.1 Å². The monoisotopic (exact) mass is 456 g/mol. The number of aryl methyl sites for hydroxylation is 2. The number of carbonyl (C=O) groups is 1. The van der Waals surface area contributed by atoms with Crippen molar-refractivity contribution in [3.05, 3.63) is 84.2 Å². The number of rotatable bonds is 5. The third-order valence-electron chi connectivity index (χ3n) is 5.43. The van der Waals surface area contributed by atoms with Gasteiger partial charge in [0, 0.05) is 55.1 Å². The molecule has 0 saturated heterocycles. The predicted molar refractivity (Wildman–Crippen MR) is 127 cm³/mol. The van der Waals surface area contributed by atoms with E-state index in [2.05, 4.69) is 25.6 Å². The maximum atomic E-state index is 14.7. The van der Waals surface area contributed by atoms with Crippen LogP contribution in [-0.4, -0.2) is 32.3 Å². The van der Waals surface area contributed by atoms with Gasteiger partial charge in [0.2, 0.25) is 11.5 Å². The maximum absolute atomic E-state index is 14.7. The molecule has 8 nitrogen and oxygen atoms in total. The molecule has 0 unspecified atom stereocenters. The summed E-state index contributed by atoms with van der Waals surface area (Å²) in [6.45, 7) is 3.36. The molecule has 3 heterocycles. The van der Waals surface area contributed by atoms with Gasteiger partial charge >= 0.3 is 0 Å². The van der Waals surface area contributed by atoms with Gasteiger partial charge in [0.15, 0.2) is 5.89 Å². The van der Waals surface area contributed by atoms with E-state index in [-0.39, 0.29) is 11.3 Å². The van der Waals surface area contributed by atoms with Gasteiger partial charge in [0.25, 0.3) is 5.91 Å². The highest BCUT2D eigenvalue weighted by Crippen LogP contribution is 2.27. The van der Waals surface area contributed by atoms with Crippen molar-refractivity contribution in [2.45, 2.75) is 13.8 Å². The molecule has 3 aromatic heterocycles. The number of nitrogens with one attached hydrogen (secondary N) is 2. The second-order valence-corrected chi connectivity index (χ2v) is 7.80. The normalized spacial score (nSPS) is 11.1. The number of carbonyl (C=O) groups excluding carboxylic acids is 1. The van der Waals surface area contributed by atoms with Crippen LogP contribution in [0.2, 0.25) is 0 Å². The van der Waals surface area contributed by atoms with E-state index in [1.807, 2.05) is 37.5 Å². The van der Waals surface area contributed by atoms with Crippen LogP contribution in [0.25, 0.3) is 28.2 Å². The summed E-state index contributed by atoms with van der Waals surface area (Å²) >= 11 is 0. The smallest absolute Gasteiger partial charge is 0.293 e. The van der Waals surface area contributed by atoms with Crippen LogP contribution in [0.3, 0.4) is 0 Å². The van der Waals surface area contributed by atoms with Crippen molar-refractivity contribution in [3.63, 3.8) is 0 Å². The fourth-order valence-electron chi connectivity index (χ4n) is 3.72. The zero-order chi connectivity index (χ0) is 23.8. The summed E-state index contributed by atoms with van der Waals surface area (Å²) in [5.74, 6) is 0.0389. The summed E-state index contributed by atoms with van der Waals surface area (Å²) < 4.78 is 21.8. The number of nitrogens with zero attached hydrogens (tertiary/aromatic N) is 4. The Hall–Kier alpha value is -4.53. The Morgan fingerprint density at radius 2 is 1.76 bits per heavy atom. The van der Waals surface area contributed by atoms with Crippen molar-refractivity contribution in [2.24, 2.45) is 0 Å². The van der Waals surface area contributed by atoms with Crippen LogP contribution < -0.4 is 10.6 Å². The number of hydrogen-bond acceptors (Lipinski definition) is 6. The lowest BCUT2D eigenvalue weighted by Crippen LogP contribution is -2.12. The summed E-state index contributed by atoms with van der Waals surface area (Å²) in [4.78, 5) is 25.6. The van der Waals surface area contributed by atoms with Gasteiger partial charge in [-0.05, 0) is 42.8 Å². The van der Waals surface area contributed by atoms with E-state index in [1.165, 1.54) is 18.2 Å². The average Bonchev–Trinajstić information content (AvgIpc) is 3.42. The molecule has 0 aliphatic rings. The summed E-state index contributed by atoms with van der Waals surface area (Å²) in [5.41, 5.74) is 4.45. The molecule has 2 N–H and O–H groups in total. The van der Waals surface area contributed by atoms with Crippen LogP contribution in [0.15, 0.2) is 65.5 Å². The van der Waals surface area contributed by atoms with Crippen molar-refractivity contribution < 1.29 is 13.6 Å². The fourth-order valence-corrected chi connectivity index (χ4v) is 3.72. The van der Waals surface area contributed by atoms with E-state index >= 15 is 0 Å². The molecule has 0 radical (unpaired) electrons. The molecule has 170 valence electrons. The third-order valence-corrected chi connectivity index (χ3v) is 5.43. The molecule has 0 aliphatic carbocycles. The molecule has 0 spiro atoms. The molecule has 0 bridgehead atoms. The topological polar surface area (TPSA) is 97.3 Å². The van der Waals surface area contributed by atoms with Crippen molar-refractivity contribution in [1.29, 1.82) is 0 Å². The quantitative estimate of drug-likeness (QED) is 0.382. The second-order valence-electron chi connectivity index (χ2n) is 7.80. The van der Waals surface area contributed by atoms with Crippen molar-refractivity contribution in [2.75, 3.05) is 17.7 Å². The van der Waals surface area contributed by atoms with E-state index in [0.717, 1.165) is 16.8 Å². The lowest BCUT2D eigenvalue weighted by atomic mass is 10.1. The highest BCUT2D eigenvalue weighted by Gasteiger charge is 2.18. The summed E-state index contributed by atoms with van der Waals surface area (Å²) in [6.07, 6.45) is 5.34. The number of anilines is 2. The standard InChI is InChI=1S/C25H21FN6O2/c1-14-23(34-15(2)29-14)24(33)30-19-8-9-21(26)20(10-19)22-13-32-12-17(11-28-25(32)31-22)16-4-6-18(27-3)7-5-16/h4-13,27H,1-3H3,(H,30,33). The SMILES string of the molecule is CNc1ccc(-c2cnc3nc(-c4cc(NC(=O)c5oc(C)nc5C)ccc4F)cn3c2)cc1. The first-order valence-corrected chi connectivity index (χ1v) is 10.6. The van der Waals surface area contributed by atoms with E-state index in [4.69, 9.17) is 4.42 Å². The number of oxazole rings is 1. The molecular weight excluding hydrogens is 435 g/mol. The molecular formula is C25H21FN6O2. The van der Waals surface area contributed by atoms with Gasteiger partial charge in [-0.3, -0.25) is 9.20 Å². The van der Waals surface area contributed by atoms with Gasteiger partial charge in [0.1, 0.15) is 5.82 Å². The Morgan fingerprint density at radius 1 is 1.00 bits per heavy atom. The van der Waals surface area contributed by atoms with Crippen LogP contribution in [-0.2, 0) is 0 Å². The lowest BCUT2D eigenvalue weighted by molar-refractivity contribution is 0.0994. The minimum atomic E-state index is -0.462. The molecule has 9 heteroatoms. The molecule has 0 aliphatic heterocycles. The molecule has 34 heavy (non-hydrogen) atoms. The number of benzene rings is 2. The number of hydrogen-bond donors (Lipinski definition) is 2. The number of halogens is 1. The Bertz CT molecular complexity index is 1520. The number of fused-ring (bicyclic) bond motifs is 1. The van der Waals surface area contributed by atoms with E-state index in [0.29, 0.717) is 28.7 Å². The largest absolute Gasteiger partial charge is 0.436 e. The Balaban J connectivity index is 1.45. The summed E-state index contributed by atoms with van der Waals surface area (Å²) in [5, 5.41) is 5.82. The molecule has 0 atom stereocenters. The zero-order valence-corrected chi connectivity index (χ0v) is 18.8. The van der Waals surface area contributed by atoms with Gasteiger partial charge in [-0.15, -0.1) is 0 Å². The highest BCUT2D eigenvalue weighted by atomic mass is 19.1. The van der Waals surface area contributed by atoms with Crippen LogP contribution in [0, 0.1) is 19.7 Å². The fraction of sp³-hybridized carbons (Fsp3) is 0.120. The Labute approximate surface area is 194 Å². The first kappa shape index (κ1) is 21.3. The van der Waals surface area contributed by atoms with Crippen molar-refractivity contribution >= 4 is 23.1 Å². The minimum absolute atomic E-state index is 0.121. The van der Waals surface area contributed by atoms with Crippen LogP contribution in [0.1, 0.15) is 22.1 Å². The van der Waals surface area contributed by atoms with Gasteiger partial charge < -0.3 is 15.1 Å². The molecule has 0 saturated carbocycles. The van der Waals surface area contributed by atoms with E-state index in [1.54, 1.807) is 30.6 Å². The number of aromatic nitrogens is 4. The Morgan fingerprint density at radius 3 is 2.47 bits per heavy atom. The molecule has 5 aromatic rings. The minimum Gasteiger partial charge on any atom is -0.436 e.